The van der Waals surface area contributed by atoms with Crippen LogP contribution in [0.5, 0.6) is 0 Å². The molecule has 1 unspecified atom stereocenters. The van der Waals surface area contributed by atoms with Crippen LogP contribution in [0.3, 0.4) is 0 Å². The Bertz CT molecular complexity index is 1000. The quantitative estimate of drug-likeness (QED) is 0.624. The summed E-state index contributed by atoms with van der Waals surface area (Å²) in [5, 5.41) is 6.13. The van der Waals surface area contributed by atoms with Crippen molar-refractivity contribution in [2.45, 2.75) is 30.0 Å². The van der Waals surface area contributed by atoms with Crippen molar-refractivity contribution in [2.75, 3.05) is 13.2 Å². The van der Waals surface area contributed by atoms with Crippen molar-refractivity contribution in [3.8, 4) is 0 Å². The number of hydrogen-bond donors (Lipinski definition) is 2. The van der Waals surface area contributed by atoms with Crippen LogP contribution in [0.4, 0.5) is 0 Å². The van der Waals surface area contributed by atoms with Crippen LogP contribution in [0.25, 0.3) is 5.65 Å². The maximum Gasteiger partial charge on any atom is 0.253 e. The number of ether oxygens (including phenoxy) is 1. The summed E-state index contributed by atoms with van der Waals surface area (Å²) in [5.74, 6) is -0.202. The molecule has 0 saturated carbocycles. The first-order chi connectivity index (χ1) is 14.1. The van der Waals surface area contributed by atoms with E-state index in [4.69, 9.17) is 4.74 Å². The SMILES string of the molecule is C1O[C@@H]2CN[C@@H]1C2.O=C(NCc1ccc(S(=O)[O-])cc1)c1ccc2nccn2c1. The Morgan fingerprint density at radius 3 is 2.72 bits per heavy atom. The number of amides is 1. The number of morpholine rings is 1. The van der Waals surface area contributed by atoms with Gasteiger partial charge in [0.1, 0.15) is 5.65 Å². The van der Waals surface area contributed by atoms with Gasteiger partial charge in [0.05, 0.1) is 18.3 Å². The van der Waals surface area contributed by atoms with Gasteiger partial charge in [-0.05, 0) is 47.3 Å². The molecule has 29 heavy (non-hydrogen) atoms. The zero-order valence-electron chi connectivity index (χ0n) is 15.6. The van der Waals surface area contributed by atoms with Crippen LogP contribution in [0.15, 0.2) is 59.9 Å². The monoisotopic (exact) mass is 413 g/mol. The van der Waals surface area contributed by atoms with Gasteiger partial charge in [0, 0.05) is 42.6 Å². The zero-order chi connectivity index (χ0) is 20.2. The third-order valence-electron chi connectivity index (χ3n) is 4.93. The lowest BCUT2D eigenvalue weighted by atomic mass is 10.2. The number of nitrogens with one attached hydrogen (secondary N) is 2. The Morgan fingerprint density at radius 2 is 2.14 bits per heavy atom. The fourth-order valence-electron chi connectivity index (χ4n) is 3.35. The minimum atomic E-state index is -2.24. The van der Waals surface area contributed by atoms with E-state index in [-0.39, 0.29) is 10.8 Å². The van der Waals surface area contributed by atoms with E-state index in [1.807, 2.05) is 0 Å². The van der Waals surface area contributed by atoms with Crippen molar-refractivity contribution >= 4 is 22.6 Å². The summed E-state index contributed by atoms with van der Waals surface area (Å²) in [5.41, 5.74) is 2.13. The van der Waals surface area contributed by atoms with Gasteiger partial charge in [0.15, 0.2) is 0 Å². The largest absolute Gasteiger partial charge is 0.768 e. The number of benzene rings is 1. The van der Waals surface area contributed by atoms with Gasteiger partial charge < -0.3 is 24.3 Å². The molecule has 2 saturated heterocycles. The van der Waals surface area contributed by atoms with E-state index in [9.17, 15) is 13.6 Å². The standard InChI is InChI=1S/C15H13N3O3S.C5H9NO/c19-15(12-3-6-14-16-7-8-18(14)10-12)17-9-11-1-4-13(5-2-11)22(20)21;1-4-3-7-5(1)2-6-4/h1-8,10H,9H2,(H,17,19)(H,20,21);4-6H,1-3H2/p-1/t;4-,5+/m.1/s1. The maximum atomic E-state index is 12.1. The Balaban J connectivity index is 0.000000243. The van der Waals surface area contributed by atoms with E-state index in [2.05, 4.69) is 15.6 Å². The molecule has 8 nitrogen and oxygen atoms in total. The first kappa shape index (κ1) is 19.7. The van der Waals surface area contributed by atoms with Crippen molar-refractivity contribution in [1.29, 1.82) is 0 Å². The van der Waals surface area contributed by atoms with E-state index >= 15 is 0 Å². The molecule has 152 valence electrons. The van der Waals surface area contributed by atoms with Crippen LogP contribution in [0.1, 0.15) is 22.3 Å². The number of carbonyl (C=O) groups excluding carboxylic acids is 1. The molecule has 9 heteroatoms. The van der Waals surface area contributed by atoms with Crippen LogP contribution >= 0.6 is 0 Å². The van der Waals surface area contributed by atoms with E-state index in [0.29, 0.717) is 24.3 Å². The highest BCUT2D eigenvalue weighted by Gasteiger charge is 2.31. The lowest BCUT2D eigenvalue weighted by Crippen LogP contribution is -2.30. The Morgan fingerprint density at radius 1 is 1.31 bits per heavy atom. The van der Waals surface area contributed by atoms with E-state index in [0.717, 1.165) is 24.4 Å². The lowest BCUT2D eigenvalue weighted by Gasteiger charge is -2.09. The number of imidazole rings is 1. The summed E-state index contributed by atoms with van der Waals surface area (Å²) in [6.07, 6.45) is 6.96. The van der Waals surface area contributed by atoms with Crippen LogP contribution in [0.2, 0.25) is 0 Å². The van der Waals surface area contributed by atoms with Gasteiger partial charge in [-0.1, -0.05) is 12.1 Å². The molecule has 2 aromatic heterocycles. The summed E-state index contributed by atoms with van der Waals surface area (Å²) in [6, 6.07) is 10.5. The first-order valence-electron chi connectivity index (χ1n) is 9.32. The Kier molecular flexibility index (Phi) is 6.00. The minimum absolute atomic E-state index is 0.202. The fourth-order valence-corrected chi connectivity index (χ4v) is 3.70. The average molecular weight is 413 g/mol. The molecule has 2 aliphatic rings. The van der Waals surface area contributed by atoms with Crippen molar-refractivity contribution in [3.05, 3.63) is 66.1 Å². The molecule has 0 radical (unpaired) electrons. The summed E-state index contributed by atoms with van der Waals surface area (Å²) in [7, 11) is 0. The van der Waals surface area contributed by atoms with Crippen molar-refractivity contribution in [2.24, 2.45) is 0 Å². The highest BCUT2D eigenvalue weighted by atomic mass is 32.2. The van der Waals surface area contributed by atoms with Crippen molar-refractivity contribution in [3.63, 3.8) is 0 Å². The molecule has 0 aliphatic carbocycles. The van der Waals surface area contributed by atoms with Crippen molar-refractivity contribution < 1.29 is 18.3 Å². The molecular formula is C20H21N4O4S-. The fraction of sp³-hybridized carbons (Fsp3) is 0.300. The molecular weight excluding hydrogens is 392 g/mol. The number of fused-ring (bicyclic) bond motifs is 3. The lowest BCUT2D eigenvalue weighted by molar-refractivity contribution is 0.0892. The number of pyridine rings is 1. The number of nitrogens with zero attached hydrogens (tertiary/aromatic N) is 2. The topological polar surface area (TPSA) is 108 Å². The van der Waals surface area contributed by atoms with Gasteiger partial charge in [-0.15, -0.1) is 0 Å². The number of carbonyl (C=O) groups is 1. The molecule has 5 rings (SSSR count). The highest BCUT2D eigenvalue weighted by Crippen LogP contribution is 2.18. The highest BCUT2D eigenvalue weighted by molar-refractivity contribution is 7.79. The number of aromatic nitrogens is 2. The smallest absolute Gasteiger partial charge is 0.253 e. The molecule has 2 N–H and O–H groups in total. The van der Waals surface area contributed by atoms with Gasteiger partial charge in [0.2, 0.25) is 0 Å². The second-order valence-electron chi connectivity index (χ2n) is 6.97. The predicted molar refractivity (Wildman–Crippen MR) is 106 cm³/mol. The first-order valence-corrected chi connectivity index (χ1v) is 10.4. The molecule has 3 atom stereocenters. The molecule has 1 amide bonds. The van der Waals surface area contributed by atoms with Crippen molar-refractivity contribution in [1.82, 2.24) is 20.0 Å². The molecule has 4 heterocycles. The minimum Gasteiger partial charge on any atom is -0.768 e. The van der Waals surface area contributed by atoms with Crippen LogP contribution in [-0.2, 0) is 22.4 Å². The zero-order valence-corrected chi connectivity index (χ0v) is 16.4. The van der Waals surface area contributed by atoms with Gasteiger partial charge >= 0.3 is 0 Å². The third-order valence-corrected chi connectivity index (χ3v) is 5.59. The van der Waals surface area contributed by atoms with Gasteiger partial charge in [0.25, 0.3) is 5.91 Å². The molecule has 3 aromatic rings. The van der Waals surface area contributed by atoms with E-state index in [1.54, 1.807) is 47.3 Å². The average Bonchev–Trinajstić information content (AvgIpc) is 3.50. The number of rotatable bonds is 4. The summed E-state index contributed by atoms with van der Waals surface area (Å²) >= 11 is -2.24. The van der Waals surface area contributed by atoms with E-state index < -0.39 is 11.1 Å². The molecule has 2 aliphatic heterocycles. The molecule has 1 aromatic carbocycles. The third kappa shape index (κ3) is 4.88. The second kappa shape index (κ2) is 8.83. The van der Waals surface area contributed by atoms with Crippen LogP contribution in [-0.4, -0.2) is 49.4 Å². The maximum absolute atomic E-state index is 12.1. The van der Waals surface area contributed by atoms with E-state index in [1.165, 1.54) is 18.6 Å². The second-order valence-corrected chi connectivity index (χ2v) is 7.91. The van der Waals surface area contributed by atoms with Gasteiger partial charge in [-0.25, -0.2) is 4.98 Å². The van der Waals surface area contributed by atoms with Crippen LogP contribution in [0, 0.1) is 0 Å². The number of hydrogen-bond acceptors (Lipinski definition) is 6. The summed E-state index contributed by atoms with van der Waals surface area (Å²) in [4.78, 5) is 16.5. The Labute approximate surface area is 170 Å². The van der Waals surface area contributed by atoms with Gasteiger partial charge in [-0.3, -0.25) is 9.00 Å². The van der Waals surface area contributed by atoms with Crippen LogP contribution < -0.4 is 10.6 Å². The Hall–Kier alpha value is -2.59. The normalized spacial score (nSPS) is 20.9. The predicted octanol–water partition coefficient (Wildman–Crippen LogP) is 1.25. The van der Waals surface area contributed by atoms with Gasteiger partial charge in [-0.2, -0.15) is 0 Å². The summed E-state index contributed by atoms with van der Waals surface area (Å²) in [6.45, 7) is 2.36. The molecule has 0 spiro atoms. The summed E-state index contributed by atoms with van der Waals surface area (Å²) < 4.78 is 28.6. The molecule has 2 fully saturated rings. The molecule has 2 bridgehead atoms.